The van der Waals surface area contributed by atoms with Crippen molar-refractivity contribution in [3.63, 3.8) is 0 Å². The Balaban J connectivity index is 2.07. The SMILES string of the molecule is COC(=O)CCN1CCN(CCCCN)CC1. The molecular formula is C12H25N3O2. The molecule has 1 saturated heterocycles. The van der Waals surface area contributed by atoms with Crippen LogP contribution in [0.1, 0.15) is 19.3 Å². The second-order valence-electron chi connectivity index (χ2n) is 4.51. The van der Waals surface area contributed by atoms with Crippen molar-refractivity contribution in [3.8, 4) is 0 Å². The predicted molar refractivity (Wildman–Crippen MR) is 67.8 cm³/mol. The first-order valence-corrected chi connectivity index (χ1v) is 6.48. The van der Waals surface area contributed by atoms with E-state index < -0.39 is 0 Å². The minimum atomic E-state index is -0.115. The standard InChI is InChI=1S/C12H25N3O2/c1-17-12(16)4-7-15-10-8-14(9-11-15)6-3-2-5-13/h2-11,13H2,1H3. The van der Waals surface area contributed by atoms with Gasteiger partial charge in [-0.3, -0.25) is 4.79 Å². The van der Waals surface area contributed by atoms with E-state index in [-0.39, 0.29) is 5.97 Å². The lowest BCUT2D eigenvalue weighted by Crippen LogP contribution is -2.47. The van der Waals surface area contributed by atoms with Crippen LogP contribution in [0.4, 0.5) is 0 Å². The lowest BCUT2D eigenvalue weighted by Gasteiger charge is -2.34. The Morgan fingerprint density at radius 2 is 1.71 bits per heavy atom. The zero-order valence-corrected chi connectivity index (χ0v) is 10.9. The summed E-state index contributed by atoms with van der Waals surface area (Å²) in [7, 11) is 1.44. The number of nitrogens with zero attached hydrogens (tertiary/aromatic N) is 2. The molecule has 5 heteroatoms. The van der Waals surface area contributed by atoms with Crippen LogP contribution in [-0.4, -0.2) is 68.7 Å². The third kappa shape index (κ3) is 6.00. The first-order valence-electron chi connectivity index (χ1n) is 6.48. The smallest absolute Gasteiger partial charge is 0.306 e. The molecule has 0 aromatic carbocycles. The normalized spacial score (nSPS) is 18.2. The molecule has 0 amide bonds. The fourth-order valence-corrected chi connectivity index (χ4v) is 2.07. The van der Waals surface area contributed by atoms with Gasteiger partial charge >= 0.3 is 5.97 Å². The van der Waals surface area contributed by atoms with Gasteiger partial charge in [0.05, 0.1) is 13.5 Å². The van der Waals surface area contributed by atoms with E-state index >= 15 is 0 Å². The zero-order chi connectivity index (χ0) is 12.5. The highest BCUT2D eigenvalue weighted by atomic mass is 16.5. The lowest BCUT2D eigenvalue weighted by molar-refractivity contribution is -0.141. The second-order valence-corrected chi connectivity index (χ2v) is 4.51. The molecule has 0 atom stereocenters. The van der Waals surface area contributed by atoms with Crippen molar-refractivity contribution in [2.75, 3.05) is 52.9 Å². The van der Waals surface area contributed by atoms with Crippen LogP contribution in [0.3, 0.4) is 0 Å². The van der Waals surface area contributed by atoms with Crippen molar-refractivity contribution in [2.24, 2.45) is 5.73 Å². The van der Waals surface area contributed by atoms with E-state index in [4.69, 9.17) is 5.73 Å². The molecule has 0 radical (unpaired) electrons. The van der Waals surface area contributed by atoms with Crippen LogP contribution < -0.4 is 5.73 Å². The maximum absolute atomic E-state index is 11.0. The molecule has 1 heterocycles. The summed E-state index contributed by atoms with van der Waals surface area (Å²) in [5, 5.41) is 0. The molecule has 0 bridgehead atoms. The maximum Gasteiger partial charge on any atom is 0.306 e. The van der Waals surface area contributed by atoms with E-state index in [9.17, 15) is 4.79 Å². The number of carbonyl (C=O) groups excluding carboxylic acids is 1. The van der Waals surface area contributed by atoms with E-state index in [0.717, 1.165) is 52.2 Å². The predicted octanol–water partition coefficient (Wildman–Crippen LogP) is -0.0940. The van der Waals surface area contributed by atoms with Crippen LogP contribution >= 0.6 is 0 Å². The average Bonchev–Trinajstić information content (AvgIpc) is 2.37. The number of rotatable bonds is 7. The van der Waals surface area contributed by atoms with Crippen LogP contribution in [0.5, 0.6) is 0 Å². The lowest BCUT2D eigenvalue weighted by atomic mass is 10.2. The number of carbonyl (C=O) groups is 1. The summed E-state index contributed by atoms with van der Waals surface area (Å²) in [6.45, 7) is 7.08. The van der Waals surface area contributed by atoms with Gasteiger partial charge in [0, 0.05) is 32.7 Å². The molecule has 2 N–H and O–H groups in total. The Morgan fingerprint density at radius 1 is 1.12 bits per heavy atom. The highest BCUT2D eigenvalue weighted by molar-refractivity contribution is 5.69. The summed E-state index contributed by atoms with van der Waals surface area (Å²) in [5.74, 6) is -0.115. The second kappa shape index (κ2) is 8.44. The van der Waals surface area contributed by atoms with Crippen LogP contribution in [0.25, 0.3) is 0 Å². The molecule has 0 aromatic rings. The summed E-state index contributed by atoms with van der Waals surface area (Å²) in [6.07, 6.45) is 2.81. The molecule has 17 heavy (non-hydrogen) atoms. The van der Waals surface area contributed by atoms with Gasteiger partial charge in [0.25, 0.3) is 0 Å². The van der Waals surface area contributed by atoms with Crippen LogP contribution in [0.15, 0.2) is 0 Å². The first kappa shape index (κ1) is 14.4. The topological polar surface area (TPSA) is 58.8 Å². The first-order chi connectivity index (χ1) is 8.26. The fraction of sp³-hybridized carbons (Fsp3) is 0.917. The molecule has 1 aliphatic heterocycles. The van der Waals surface area contributed by atoms with Crippen molar-refractivity contribution in [2.45, 2.75) is 19.3 Å². The number of methoxy groups -OCH3 is 1. The number of unbranched alkanes of at least 4 members (excludes halogenated alkanes) is 1. The number of ether oxygens (including phenoxy) is 1. The molecule has 0 spiro atoms. The van der Waals surface area contributed by atoms with Gasteiger partial charge in [0.2, 0.25) is 0 Å². The van der Waals surface area contributed by atoms with E-state index in [1.165, 1.54) is 13.5 Å². The fourth-order valence-electron chi connectivity index (χ4n) is 2.07. The maximum atomic E-state index is 11.0. The monoisotopic (exact) mass is 243 g/mol. The van der Waals surface area contributed by atoms with Gasteiger partial charge in [-0.2, -0.15) is 0 Å². The molecule has 0 aromatic heterocycles. The molecule has 100 valence electrons. The Hall–Kier alpha value is -0.650. The highest BCUT2D eigenvalue weighted by Crippen LogP contribution is 2.04. The van der Waals surface area contributed by atoms with E-state index in [2.05, 4.69) is 14.5 Å². The Bertz CT molecular complexity index is 216. The molecule has 5 nitrogen and oxygen atoms in total. The number of esters is 1. The van der Waals surface area contributed by atoms with E-state index in [1.54, 1.807) is 0 Å². The Morgan fingerprint density at radius 3 is 2.24 bits per heavy atom. The Kier molecular flexibility index (Phi) is 7.16. The van der Waals surface area contributed by atoms with Crippen molar-refractivity contribution in [3.05, 3.63) is 0 Å². The third-order valence-electron chi connectivity index (χ3n) is 3.25. The third-order valence-corrected chi connectivity index (χ3v) is 3.25. The summed E-state index contributed by atoms with van der Waals surface area (Å²) >= 11 is 0. The van der Waals surface area contributed by atoms with Gasteiger partial charge in [0.1, 0.15) is 0 Å². The number of piperazine rings is 1. The summed E-state index contributed by atoms with van der Waals surface area (Å²) < 4.78 is 4.64. The Labute approximate surface area is 104 Å². The van der Waals surface area contributed by atoms with Crippen molar-refractivity contribution in [1.82, 2.24) is 9.80 Å². The molecule has 1 rings (SSSR count). The van der Waals surface area contributed by atoms with Crippen LogP contribution in [-0.2, 0) is 9.53 Å². The molecular weight excluding hydrogens is 218 g/mol. The quantitative estimate of drug-likeness (QED) is 0.500. The van der Waals surface area contributed by atoms with Crippen molar-refractivity contribution >= 4 is 5.97 Å². The molecule has 0 saturated carbocycles. The van der Waals surface area contributed by atoms with Gasteiger partial charge in [0.15, 0.2) is 0 Å². The van der Waals surface area contributed by atoms with E-state index in [0.29, 0.717) is 6.42 Å². The number of hydrogen-bond acceptors (Lipinski definition) is 5. The van der Waals surface area contributed by atoms with Gasteiger partial charge in [-0.05, 0) is 25.9 Å². The van der Waals surface area contributed by atoms with Crippen molar-refractivity contribution < 1.29 is 9.53 Å². The summed E-state index contributed by atoms with van der Waals surface area (Å²) in [4.78, 5) is 15.8. The molecule has 0 unspecified atom stereocenters. The summed E-state index contributed by atoms with van der Waals surface area (Å²) in [5.41, 5.74) is 5.48. The van der Waals surface area contributed by atoms with Crippen molar-refractivity contribution in [1.29, 1.82) is 0 Å². The zero-order valence-electron chi connectivity index (χ0n) is 10.9. The molecule has 1 aliphatic rings. The molecule has 0 aliphatic carbocycles. The van der Waals surface area contributed by atoms with E-state index in [1.807, 2.05) is 0 Å². The molecule has 1 fully saturated rings. The van der Waals surface area contributed by atoms with Gasteiger partial charge in [-0.25, -0.2) is 0 Å². The highest BCUT2D eigenvalue weighted by Gasteiger charge is 2.16. The minimum absolute atomic E-state index is 0.115. The minimum Gasteiger partial charge on any atom is -0.469 e. The summed E-state index contributed by atoms with van der Waals surface area (Å²) in [6, 6.07) is 0. The van der Waals surface area contributed by atoms with Gasteiger partial charge < -0.3 is 20.3 Å². The largest absolute Gasteiger partial charge is 0.469 e. The van der Waals surface area contributed by atoms with Crippen LogP contribution in [0, 0.1) is 0 Å². The number of hydrogen-bond donors (Lipinski definition) is 1. The van der Waals surface area contributed by atoms with Gasteiger partial charge in [-0.1, -0.05) is 0 Å². The van der Waals surface area contributed by atoms with Crippen LogP contribution in [0.2, 0.25) is 0 Å². The van der Waals surface area contributed by atoms with Gasteiger partial charge in [-0.15, -0.1) is 0 Å². The average molecular weight is 243 g/mol. The number of nitrogens with two attached hydrogens (primary N) is 1.